The van der Waals surface area contributed by atoms with Crippen molar-refractivity contribution >= 4 is 5.82 Å². The predicted molar refractivity (Wildman–Crippen MR) is 52.6 cm³/mol. The van der Waals surface area contributed by atoms with Crippen molar-refractivity contribution in [1.29, 1.82) is 0 Å². The van der Waals surface area contributed by atoms with Crippen molar-refractivity contribution in [1.82, 2.24) is 19.9 Å². The molecule has 2 rings (SSSR count). The van der Waals surface area contributed by atoms with Crippen LogP contribution in [0.3, 0.4) is 0 Å². The van der Waals surface area contributed by atoms with Crippen LogP contribution in [-0.2, 0) is 0 Å². The number of hydrogen-bond acceptors (Lipinski definition) is 5. The van der Waals surface area contributed by atoms with Gasteiger partial charge in [-0.3, -0.25) is 0 Å². The maximum Gasteiger partial charge on any atom is 0.183 e. The van der Waals surface area contributed by atoms with Crippen LogP contribution in [0.25, 0.3) is 11.4 Å². The average Bonchev–Trinajstić information content (AvgIpc) is 2.31. The molecule has 0 radical (unpaired) electrons. The molecule has 15 heavy (non-hydrogen) atoms. The van der Waals surface area contributed by atoms with Crippen molar-refractivity contribution < 1.29 is 4.39 Å². The first-order valence-corrected chi connectivity index (χ1v) is 4.27. The van der Waals surface area contributed by atoms with Crippen molar-refractivity contribution in [3.63, 3.8) is 0 Å². The first-order valence-electron chi connectivity index (χ1n) is 4.27. The van der Waals surface area contributed by atoms with Gasteiger partial charge in [-0.25, -0.2) is 24.3 Å². The van der Waals surface area contributed by atoms with E-state index >= 15 is 0 Å². The molecule has 5 nitrogen and oxygen atoms in total. The van der Waals surface area contributed by atoms with E-state index in [1.165, 1.54) is 6.33 Å². The van der Waals surface area contributed by atoms with Gasteiger partial charge in [0, 0.05) is 19.4 Å². The minimum atomic E-state index is -0.488. The number of halogens is 1. The number of rotatable bonds is 2. The van der Waals surface area contributed by atoms with Crippen LogP contribution in [0.2, 0.25) is 0 Å². The van der Waals surface area contributed by atoms with Gasteiger partial charge >= 0.3 is 0 Å². The quantitative estimate of drug-likeness (QED) is 0.795. The Morgan fingerprint density at radius 2 is 1.93 bits per heavy atom. The molecule has 0 unspecified atom stereocenters. The normalized spacial score (nSPS) is 10.0. The topological polar surface area (TPSA) is 63.6 Å². The van der Waals surface area contributed by atoms with Crippen molar-refractivity contribution in [2.24, 2.45) is 0 Å². The highest BCUT2D eigenvalue weighted by Gasteiger charge is 2.06. The fourth-order valence-corrected chi connectivity index (χ4v) is 1.10. The third-order valence-electron chi connectivity index (χ3n) is 1.80. The lowest BCUT2D eigenvalue weighted by Crippen LogP contribution is -2.00. The Hall–Kier alpha value is -2.11. The lowest BCUT2D eigenvalue weighted by Gasteiger charge is -2.03. The zero-order valence-corrected chi connectivity index (χ0v) is 7.98. The van der Waals surface area contributed by atoms with Crippen LogP contribution in [0.4, 0.5) is 10.2 Å². The van der Waals surface area contributed by atoms with Crippen LogP contribution in [0.1, 0.15) is 0 Å². The summed E-state index contributed by atoms with van der Waals surface area (Å²) in [4.78, 5) is 15.5. The molecule has 76 valence electrons. The molecule has 0 aromatic carbocycles. The van der Waals surface area contributed by atoms with Gasteiger partial charge in [-0.1, -0.05) is 0 Å². The Morgan fingerprint density at radius 1 is 1.20 bits per heavy atom. The molecule has 0 fully saturated rings. The maximum atomic E-state index is 13.1. The number of anilines is 1. The molecule has 6 heteroatoms. The van der Waals surface area contributed by atoms with Crippen molar-refractivity contribution in [3.05, 3.63) is 30.7 Å². The molecule has 0 spiro atoms. The highest BCUT2D eigenvalue weighted by Crippen LogP contribution is 2.15. The van der Waals surface area contributed by atoms with Crippen LogP contribution in [0.15, 0.2) is 24.9 Å². The summed E-state index contributed by atoms with van der Waals surface area (Å²) in [6.45, 7) is 0. The van der Waals surface area contributed by atoms with Gasteiger partial charge in [0.2, 0.25) is 0 Å². The van der Waals surface area contributed by atoms with Gasteiger partial charge in [-0.2, -0.15) is 0 Å². The Kier molecular flexibility index (Phi) is 2.49. The van der Waals surface area contributed by atoms with Crippen molar-refractivity contribution in [3.8, 4) is 11.4 Å². The number of nitrogens with one attached hydrogen (secondary N) is 1. The lowest BCUT2D eigenvalue weighted by molar-refractivity contribution is 0.619. The summed E-state index contributed by atoms with van der Waals surface area (Å²) in [5.41, 5.74) is 0.647. The number of nitrogens with zero attached hydrogens (tertiary/aromatic N) is 4. The molecule has 0 atom stereocenters. The lowest BCUT2D eigenvalue weighted by atomic mass is 10.3. The summed E-state index contributed by atoms with van der Waals surface area (Å²) < 4.78 is 13.1. The fraction of sp³-hybridized carbons (Fsp3) is 0.111. The van der Waals surface area contributed by atoms with E-state index in [0.717, 1.165) is 6.20 Å². The Bertz CT molecular complexity index is 459. The van der Waals surface area contributed by atoms with E-state index in [1.54, 1.807) is 19.4 Å². The van der Waals surface area contributed by atoms with Crippen LogP contribution in [0, 0.1) is 5.82 Å². The maximum absolute atomic E-state index is 13.1. The van der Waals surface area contributed by atoms with E-state index < -0.39 is 5.82 Å². The summed E-state index contributed by atoms with van der Waals surface area (Å²) in [5, 5.41) is 2.64. The molecule has 0 aliphatic rings. The molecule has 2 heterocycles. The van der Waals surface area contributed by atoms with Gasteiger partial charge in [-0.05, 0) is 0 Å². The summed E-state index contributed by atoms with van der Waals surface area (Å²) >= 11 is 0. The van der Waals surface area contributed by atoms with Gasteiger partial charge in [0.25, 0.3) is 0 Å². The molecular weight excluding hydrogens is 197 g/mol. The zero-order valence-electron chi connectivity index (χ0n) is 7.98. The van der Waals surface area contributed by atoms with Gasteiger partial charge in [0.05, 0.1) is 11.8 Å². The smallest absolute Gasteiger partial charge is 0.183 e. The zero-order chi connectivity index (χ0) is 10.7. The monoisotopic (exact) mass is 205 g/mol. The van der Waals surface area contributed by atoms with Gasteiger partial charge in [-0.15, -0.1) is 0 Å². The second-order valence-electron chi connectivity index (χ2n) is 2.77. The molecular formula is C9H8FN5. The minimum absolute atomic E-state index is 0.156. The van der Waals surface area contributed by atoms with Gasteiger partial charge in [0.15, 0.2) is 17.5 Å². The molecule has 1 N–H and O–H groups in total. The SMILES string of the molecule is CNc1nc(-c2cncnc2)ncc1F. The summed E-state index contributed by atoms with van der Waals surface area (Å²) in [7, 11) is 1.59. The van der Waals surface area contributed by atoms with E-state index in [-0.39, 0.29) is 5.82 Å². The molecule has 0 saturated carbocycles. The summed E-state index contributed by atoms with van der Waals surface area (Å²) in [5.74, 6) is 0.0586. The third kappa shape index (κ3) is 1.88. The number of hydrogen-bond donors (Lipinski definition) is 1. The molecule has 2 aromatic heterocycles. The van der Waals surface area contributed by atoms with Crippen molar-refractivity contribution in [2.45, 2.75) is 0 Å². The van der Waals surface area contributed by atoms with E-state index in [9.17, 15) is 4.39 Å². The highest BCUT2D eigenvalue weighted by atomic mass is 19.1. The second-order valence-corrected chi connectivity index (χ2v) is 2.77. The van der Waals surface area contributed by atoms with Crippen LogP contribution in [0.5, 0.6) is 0 Å². The number of aromatic nitrogens is 4. The Morgan fingerprint density at radius 3 is 2.60 bits per heavy atom. The molecule has 0 bridgehead atoms. The van der Waals surface area contributed by atoms with Gasteiger partial charge in [0.1, 0.15) is 6.33 Å². The van der Waals surface area contributed by atoms with Crippen LogP contribution < -0.4 is 5.32 Å². The second kappa shape index (κ2) is 3.95. The first-order chi connectivity index (χ1) is 7.31. The standard InChI is InChI=1S/C9H8FN5/c1-11-9-7(10)4-14-8(15-9)6-2-12-5-13-3-6/h2-5H,1H3,(H,11,14,15). The molecule has 0 aliphatic carbocycles. The van der Waals surface area contributed by atoms with E-state index in [0.29, 0.717) is 11.4 Å². The van der Waals surface area contributed by atoms with Crippen molar-refractivity contribution in [2.75, 3.05) is 12.4 Å². The summed E-state index contributed by atoms with van der Waals surface area (Å²) in [6, 6.07) is 0. The molecule has 0 amide bonds. The molecule has 2 aromatic rings. The largest absolute Gasteiger partial charge is 0.371 e. The third-order valence-corrected chi connectivity index (χ3v) is 1.80. The Labute approximate surface area is 85.4 Å². The van der Waals surface area contributed by atoms with Crippen LogP contribution >= 0.6 is 0 Å². The summed E-state index contributed by atoms with van der Waals surface area (Å²) in [6.07, 6.45) is 5.66. The van der Waals surface area contributed by atoms with Crippen LogP contribution in [-0.4, -0.2) is 27.0 Å². The van der Waals surface area contributed by atoms with Gasteiger partial charge < -0.3 is 5.32 Å². The minimum Gasteiger partial charge on any atom is -0.371 e. The highest BCUT2D eigenvalue weighted by molar-refractivity contribution is 5.54. The van der Waals surface area contributed by atoms with E-state index in [4.69, 9.17) is 0 Å². The van der Waals surface area contributed by atoms with E-state index in [1.807, 2.05) is 0 Å². The fourth-order valence-electron chi connectivity index (χ4n) is 1.10. The molecule has 0 aliphatic heterocycles. The molecule has 0 saturated heterocycles. The Balaban J connectivity index is 2.46. The first kappa shape index (κ1) is 9.45. The van der Waals surface area contributed by atoms with E-state index in [2.05, 4.69) is 25.3 Å². The average molecular weight is 205 g/mol. The predicted octanol–water partition coefficient (Wildman–Crippen LogP) is 1.11.